The fraction of sp³-hybridized carbons (Fsp3) is 0.471. The van der Waals surface area contributed by atoms with Gasteiger partial charge in [0.05, 0.1) is 13.2 Å². The number of hydrogen-bond donors (Lipinski definition) is 0. The van der Waals surface area contributed by atoms with Gasteiger partial charge < -0.3 is 13.8 Å². The van der Waals surface area contributed by atoms with E-state index >= 15 is 0 Å². The van der Waals surface area contributed by atoms with Gasteiger partial charge in [0.2, 0.25) is 0 Å². The Morgan fingerprint density at radius 2 is 1.87 bits per heavy atom. The minimum Gasteiger partial charge on any atom is -0.457 e. The molecule has 1 fully saturated rings. The summed E-state index contributed by atoms with van der Waals surface area (Å²) in [7, 11) is -3.33. The molecule has 1 aliphatic heterocycles. The maximum atomic E-state index is 13.0. The van der Waals surface area contributed by atoms with Crippen molar-refractivity contribution in [2.45, 2.75) is 38.5 Å². The van der Waals surface area contributed by atoms with E-state index in [1.165, 1.54) is 0 Å². The summed E-state index contributed by atoms with van der Waals surface area (Å²) in [6.45, 7) is 4.12. The molecule has 1 saturated heterocycles. The van der Waals surface area contributed by atoms with Crippen LogP contribution in [-0.2, 0) is 23.1 Å². The molecule has 0 amide bonds. The number of carbonyl (C=O) groups excluding carboxylic acids is 1. The van der Waals surface area contributed by atoms with E-state index in [9.17, 15) is 9.36 Å². The molecule has 2 rings (SSSR count). The Morgan fingerprint density at radius 1 is 1.22 bits per heavy atom. The molecule has 0 aromatic heterocycles. The SMILES string of the molecule is CCOP(=O)(OCC)C1CCC(=O)OC1/C=C/c1ccccc1. The average Bonchev–Trinajstić information content (AvgIpc) is 2.54. The van der Waals surface area contributed by atoms with E-state index in [2.05, 4.69) is 0 Å². The van der Waals surface area contributed by atoms with E-state index in [1.807, 2.05) is 36.4 Å². The zero-order valence-corrected chi connectivity index (χ0v) is 14.4. The molecule has 1 aromatic carbocycles. The number of esters is 1. The van der Waals surface area contributed by atoms with Crippen molar-refractivity contribution < 1.29 is 23.1 Å². The summed E-state index contributed by atoms with van der Waals surface area (Å²) in [4.78, 5) is 11.6. The minimum atomic E-state index is -3.33. The predicted octanol–water partition coefficient (Wildman–Crippen LogP) is 4.04. The van der Waals surface area contributed by atoms with E-state index < -0.39 is 19.4 Å². The topological polar surface area (TPSA) is 61.8 Å². The second kappa shape index (κ2) is 8.44. The molecular formula is C17H23O5P. The summed E-state index contributed by atoms with van der Waals surface area (Å²) >= 11 is 0. The first-order chi connectivity index (χ1) is 11.1. The molecule has 5 nitrogen and oxygen atoms in total. The van der Waals surface area contributed by atoms with Crippen molar-refractivity contribution in [3.63, 3.8) is 0 Å². The molecule has 0 aliphatic carbocycles. The Labute approximate surface area is 137 Å². The second-order valence-corrected chi connectivity index (χ2v) is 7.47. The molecule has 126 valence electrons. The molecule has 0 bridgehead atoms. The van der Waals surface area contributed by atoms with Gasteiger partial charge in [0.25, 0.3) is 0 Å². The highest BCUT2D eigenvalue weighted by molar-refractivity contribution is 7.54. The molecule has 23 heavy (non-hydrogen) atoms. The Bertz CT molecular complexity index is 574. The van der Waals surface area contributed by atoms with Crippen LogP contribution in [0, 0.1) is 0 Å². The van der Waals surface area contributed by atoms with Crippen LogP contribution in [0.25, 0.3) is 6.08 Å². The Kier molecular flexibility index (Phi) is 6.58. The zero-order chi connectivity index (χ0) is 16.7. The molecule has 1 heterocycles. The summed E-state index contributed by atoms with van der Waals surface area (Å²) in [5.41, 5.74) is 0.510. The third-order valence-electron chi connectivity index (χ3n) is 3.59. The molecule has 0 spiro atoms. The summed E-state index contributed by atoms with van der Waals surface area (Å²) in [5.74, 6) is -0.288. The van der Waals surface area contributed by atoms with E-state index in [0.717, 1.165) is 5.56 Å². The van der Waals surface area contributed by atoms with Gasteiger partial charge in [-0.05, 0) is 31.9 Å². The standard InChI is InChI=1S/C17H23O5P/c1-3-20-23(19,21-4-2)16-12-13-17(18)22-15(16)11-10-14-8-6-5-7-9-14/h5-11,15-16H,3-4,12-13H2,1-2H3/b11-10+. The zero-order valence-electron chi connectivity index (χ0n) is 13.5. The molecule has 0 N–H and O–H groups in total. The fourth-order valence-electron chi connectivity index (χ4n) is 2.58. The molecule has 1 aromatic rings. The highest BCUT2D eigenvalue weighted by Gasteiger charge is 2.44. The number of cyclic esters (lactones) is 1. The lowest BCUT2D eigenvalue weighted by molar-refractivity contribution is -0.150. The first kappa shape index (κ1) is 17.9. The first-order valence-corrected chi connectivity index (χ1v) is 9.51. The monoisotopic (exact) mass is 338 g/mol. The number of rotatable bonds is 7. The van der Waals surface area contributed by atoms with Crippen molar-refractivity contribution in [1.82, 2.24) is 0 Å². The maximum Gasteiger partial charge on any atom is 0.337 e. The molecule has 0 saturated carbocycles. The number of carbonyl (C=O) groups is 1. The predicted molar refractivity (Wildman–Crippen MR) is 89.2 cm³/mol. The maximum absolute atomic E-state index is 13.0. The van der Waals surface area contributed by atoms with E-state index in [4.69, 9.17) is 13.8 Å². The van der Waals surface area contributed by atoms with Crippen LogP contribution < -0.4 is 0 Å². The lowest BCUT2D eigenvalue weighted by atomic mass is 10.1. The van der Waals surface area contributed by atoms with Gasteiger partial charge in [0.15, 0.2) is 0 Å². The highest BCUT2D eigenvalue weighted by Crippen LogP contribution is 2.57. The van der Waals surface area contributed by atoms with E-state index in [0.29, 0.717) is 6.42 Å². The summed E-state index contributed by atoms with van der Waals surface area (Å²) in [5, 5.41) is 0. The van der Waals surface area contributed by atoms with E-state index in [1.54, 1.807) is 19.9 Å². The van der Waals surface area contributed by atoms with Crippen molar-refractivity contribution in [1.29, 1.82) is 0 Å². The molecule has 2 unspecified atom stereocenters. The quantitative estimate of drug-likeness (QED) is 0.555. The normalized spacial score (nSPS) is 22.3. The molecule has 1 aliphatic rings. The van der Waals surface area contributed by atoms with Crippen LogP contribution in [0.2, 0.25) is 0 Å². The highest BCUT2D eigenvalue weighted by atomic mass is 31.2. The van der Waals surface area contributed by atoms with Crippen LogP contribution >= 0.6 is 7.60 Å². The third kappa shape index (κ3) is 4.77. The molecule has 2 atom stereocenters. The van der Waals surface area contributed by atoms with Crippen molar-refractivity contribution >= 4 is 19.6 Å². The van der Waals surface area contributed by atoms with Crippen LogP contribution in [0.1, 0.15) is 32.3 Å². The molecular weight excluding hydrogens is 315 g/mol. The summed E-state index contributed by atoms with van der Waals surface area (Å²) < 4.78 is 29.3. The van der Waals surface area contributed by atoms with Crippen LogP contribution in [0.4, 0.5) is 0 Å². The minimum absolute atomic E-state index is 0.227. The van der Waals surface area contributed by atoms with Gasteiger partial charge in [-0.3, -0.25) is 9.36 Å². The first-order valence-electron chi connectivity index (χ1n) is 7.90. The number of hydrogen-bond acceptors (Lipinski definition) is 5. The largest absolute Gasteiger partial charge is 0.457 e. The molecule has 0 radical (unpaired) electrons. The van der Waals surface area contributed by atoms with Gasteiger partial charge in [-0.2, -0.15) is 0 Å². The summed E-state index contributed by atoms with van der Waals surface area (Å²) in [6, 6.07) is 9.67. The average molecular weight is 338 g/mol. The summed E-state index contributed by atoms with van der Waals surface area (Å²) in [6.07, 6.45) is 3.67. The van der Waals surface area contributed by atoms with Gasteiger partial charge >= 0.3 is 13.6 Å². The van der Waals surface area contributed by atoms with Gasteiger partial charge in [-0.25, -0.2) is 0 Å². The van der Waals surface area contributed by atoms with Crippen LogP contribution in [0.5, 0.6) is 0 Å². The van der Waals surface area contributed by atoms with Crippen molar-refractivity contribution in [3.05, 3.63) is 42.0 Å². The Balaban J connectivity index is 2.23. The van der Waals surface area contributed by atoms with Gasteiger partial charge in [-0.15, -0.1) is 0 Å². The van der Waals surface area contributed by atoms with Gasteiger partial charge in [0.1, 0.15) is 11.8 Å². The third-order valence-corrected chi connectivity index (χ3v) is 6.19. The Morgan fingerprint density at radius 3 is 2.48 bits per heavy atom. The number of benzene rings is 1. The van der Waals surface area contributed by atoms with Crippen molar-refractivity contribution in [2.75, 3.05) is 13.2 Å². The lowest BCUT2D eigenvalue weighted by Crippen LogP contribution is -2.36. The van der Waals surface area contributed by atoms with Gasteiger partial charge in [0, 0.05) is 6.42 Å². The van der Waals surface area contributed by atoms with Crippen molar-refractivity contribution in [2.24, 2.45) is 0 Å². The van der Waals surface area contributed by atoms with Crippen LogP contribution in [-0.4, -0.2) is 30.9 Å². The van der Waals surface area contributed by atoms with Crippen LogP contribution in [0.15, 0.2) is 36.4 Å². The Hall–Kier alpha value is -1.42. The fourth-order valence-corrected chi connectivity index (χ4v) is 4.73. The van der Waals surface area contributed by atoms with Crippen LogP contribution in [0.3, 0.4) is 0 Å². The van der Waals surface area contributed by atoms with Gasteiger partial charge in [-0.1, -0.05) is 36.4 Å². The smallest absolute Gasteiger partial charge is 0.337 e. The lowest BCUT2D eigenvalue weighted by Gasteiger charge is -2.33. The van der Waals surface area contributed by atoms with Crippen molar-refractivity contribution in [3.8, 4) is 0 Å². The van der Waals surface area contributed by atoms with E-state index in [-0.39, 0.29) is 25.6 Å². The number of ether oxygens (including phenoxy) is 1. The molecule has 6 heteroatoms. The second-order valence-electron chi connectivity index (χ2n) is 5.21.